The minimum atomic E-state index is -0.984. The number of ether oxygens (including phenoxy) is 1. The van der Waals surface area contributed by atoms with Gasteiger partial charge in [0.25, 0.3) is 0 Å². The number of carbonyl (C=O) groups is 1. The molecule has 120 valence electrons. The summed E-state index contributed by atoms with van der Waals surface area (Å²) in [5.74, 6) is -0.301. The fourth-order valence-electron chi connectivity index (χ4n) is 2.47. The number of hydrogen-bond acceptors (Lipinski definition) is 4. The second-order valence-corrected chi connectivity index (χ2v) is 5.98. The summed E-state index contributed by atoms with van der Waals surface area (Å²) in [6, 6.07) is 3.87. The molecule has 1 heterocycles. The summed E-state index contributed by atoms with van der Waals surface area (Å²) in [5, 5.41) is 10.3. The number of anilines is 2. The van der Waals surface area contributed by atoms with Crippen LogP contribution in [0.4, 0.5) is 11.4 Å². The van der Waals surface area contributed by atoms with Crippen molar-refractivity contribution in [3.05, 3.63) is 17.8 Å². The SMILES string of the molecule is CC(C)Oc1cc(N(C)C)cc2[nH]c(C(=O)O)c(N(C)C)c12. The molecule has 0 aliphatic carbocycles. The highest BCUT2D eigenvalue weighted by molar-refractivity contribution is 6.09. The van der Waals surface area contributed by atoms with Crippen molar-refractivity contribution in [2.24, 2.45) is 0 Å². The Morgan fingerprint density at radius 2 is 1.82 bits per heavy atom. The molecule has 0 aliphatic rings. The largest absolute Gasteiger partial charge is 0.490 e. The van der Waals surface area contributed by atoms with Crippen LogP contribution in [0.25, 0.3) is 10.9 Å². The van der Waals surface area contributed by atoms with Crippen LogP contribution in [-0.2, 0) is 0 Å². The maximum atomic E-state index is 11.5. The number of fused-ring (bicyclic) bond motifs is 1. The molecule has 0 bridgehead atoms. The molecule has 2 N–H and O–H groups in total. The number of rotatable bonds is 5. The van der Waals surface area contributed by atoms with Crippen LogP contribution in [0.5, 0.6) is 5.75 Å². The van der Waals surface area contributed by atoms with Gasteiger partial charge in [0.1, 0.15) is 11.4 Å². The van der Waals surface area contributed by atoms with E-state index in [1.807, 2.05) is 59.1 Å². The molecule has 0 saturated heterocycles. The van der Waals surface area contributed by atoms with Crippen LogP contribution in [-0.4, -0.2) is 50.4 Å². The molecule has 0 unspecified atom stereocenters. The number of carboxylic acid groups (broad SMARTS) is 1. The Balaban J connectivity index is 2.83. The van der Waals surface area contributed by atoms with E-state index >= 15 is 0 Å². The molecule has 22 heavy (non-hydrogen) atoms. The summed E-state index contributed by atoms with van der Waals surface area (Å²) in [5.41, 5.74) is 2.50. The van der Waals surface area contributed by atoms with Gasteiger partial charge in [-0.3, -0.25) is 0 Å². The van der Waals surface area contributed by atoms with E-state index < -0.39 is 5.97 Å². The molecule has 2 aromatic rings. The molecule has 0 radical (unpaired) electrons. The van der Waals surface area contributed by atoms with Crippen LogP contribution < -0.4 is 14.5 Å². The van der Waals surface area contributed by atoms with Gasteiger partial charge in [0.05, 0.1) is 22.7 Å². The van der Waals surface area contributed by atoms with Crippen molar-refractivity contribution in [3.8, 4) is 5.75 Å². The van der Waals surface area contributed by atoms with Gasteiger partial charge in [-0.25, -0.2) is 4.79 Å². The van der Waals surface area contributed by atoms with E-state index in [0.717, 1.165) is 16.6 Å². The zero-order valence-corrected chi connectivity index (χ0v) is 13.9. The molecule has 0 atom stereocenters. The second-order valence-electron chi connectivity index (χ2n) is 5.98. The number of nitrogens with zero attached hydrogens (tertiary/aromatic N) is 2. The first-order chi connectivity index (χ1) is 10.2. The van der Waals surface area contributed by atoms with Crippen LogP contribution in [0.15, 0.2) is 12.1 Å². The van der Waals surface area contributed by atoms with E-state index in [9.17, 15) is 9.90 Å². The number of hydrogen-bond donors (Lipinski definition) is 2. The second kappa shape index (κ2) is 5.79. The van der Waals surface area contributed by atoms with Crippen LogP contribution in [0.2, 0.25) is 0 Å². The quantitative estimate of drug-likeness (QED) is 0.889. The van der Waals surface area contributed by atoms with Gasteiger partial charge in [0.15, 0.2) is 0 Å². The molecule has 6 nitrogen and oxygen atoms in total. The molecule has 2 rings (SSSR count). The Bertz CT molecular complexity index is 702. The minimum absolute atomic E-state index is 0.00111. The van der Waals surface area contributed by atoms with Gasteiger partial charge in [-0.1, -0.05) is 0 Å². The lowest BCUT2D eigenvalue weighted by Crippen LogP contribution is -2.14. The van der Waals surface area contributed by atoms with Crippen molar-refractivity contribution < 1.29 is 14.6 Å². The Morgan fingerprint density at radius 1 is 1.18 bits per heavy atom. The monoisotopic (exact) mass is 305 g/mol. The first kappa shape index (κ1) is 16.0. The van der Waals surface area contributed by atoms with Gasteiger partial charge in [0.2, 0.25) is 0 Å². The molecule has 1 aromatic heterocycles. The summed E-state index contributed by atoms with van der Waals surface area (Å²) >= 11 is 0. The number of H-pyrrole nitrogens is 1. The van der Waals surface area contributed by atoms with Gasteiger partial charge >= 0.3 is 5.97 Å². The van der Waals surface area contributed by atoms with Crippen molar-refractivity contribution in [2.45, 2.75) is 20.0 Å². The number of carboxylic acids is 1. The number of aromatic amines is 1. The Morgan fingerprint density at radius 3 is 2.27 bits per heavy atom. The Labute approximate surface area is 130 Å². The molecule has 0 amide bonds. The zero-order valence-electron chi connectivity index (χ0n) is 13.9. The van der Waals surface area contributed by atoms with E-state index in [4.69, 9.17) is 4.74 Å². The molecule has 6 heteroatoms. The van der Waals surface area contributed by atoms with Crippen LogP contribution >= 0.6 is 0 Å². The van der Waals surface area contributed by atoms with E-state index in [0.29, 0.717) is 11.4 Å². The topological polar surface area (TPSA) is 68.8 Å². The third-order valence-electron chi connectivity index (χ3n) is 3.36. The van der Waals surface area contributed by atoms with E-state index in [1.54, 1.807) is 4.90 Å². The Hall–Kier alpha value is -2.37. The number of benzene rings is 1. The predicted molar refractivity (Wildman–Crippen MR) is 89.7 cm³/mol. The summed E-state index contributed by atoms with van der Waals surface area (Å²) in [7, 11) is 7.53. The highest BCUT2D eigenvalue weighted by Crippen LogP contribution is 2.40. The summed E-state index contributed by atoms with van der Waals surface area (Å²) in [6.45, 7) is 3.91. The third-order valence-corrected chi connectivity index (χ3v) is 3.36. The van der Waals surface area contributed by atoms with Gasteiger partial charge in [0, 0.05) is 39.9 Å². The average Bonchev–Trinajstić information content (AvgIpc) is 2.77. The molecule has 0 saturated carbocycles. The third kappa shape index (κ3) is 2.81. The van der Waals surface area contributed by atoms with Crippen LogP contribution in [0.1, 0.15) is 24.3 Å². The zero-order chi connectivity index (χ0) is 16.6. The van der Waals surface area contributed by atoms with Gasteiger partial charge in [-0.05, 0) is 19.9 Å². The van der Waals surface area contributed by atoms with Gasteiger partial charge < -0.3 is 24.6 Å². The van der Waals surface area contributed by atoms with Crippen molar-refractivity contribution in [1.82, 2.24) is 4.98 Å². The van der Waals surface area contributed by atoms with E-state index in [-0.39, 0.29) is 11.8 Å². The summed E-state index contributed by atoms with van der Waals surface area (Å²) in [6.07, 6.45) is -0.00111. The lowest BCUT2D eigenvalue weighted by atomic mass is 10.1. The summed E-state index contributed by atoms with van der Waals surface area (Å²) in [4.78, 5) is 18.3. The fraction of sp³-hybridized carbons (Fsp3) is 0.438. The molecular weight excluding hydrogens is 282 g/mol. The predicted octanol–water partition coefficient (Wildman–Crippen LogP) is 2.79. The molecule has 1 aromatic carbocycles. The maximum absolute atomic E-state index is 11.5. The molecule has 0 spiro atoms. The molecule has 0 aliphatic heterocycles. The fourth-order valence-corrected chi connectivity index (χ4v) is 2.47. The normalized spacial score (nSPS) is 11.0. The maximum Gasteiger partial charge on any atom is 0.354 e. The minimum Gasteiger partial charge on any atom is -0.490 e. The smallest absolute Gasteiger partial charge is 0.354 e. The summed E-state index contributed by atoms with van der Waals surface area (Å²) < 4.78 is 5.94. The first-order valence-electron chi connectivity index (χ1n) is 7.16. The van der Waals surface area contributed by atoms with E-state index in [1.165, 1.54) is 0 Å². The van der Waals surface area contributed by atoms with E-state index in [2.05, 4.69) is 4.98 Å². The van der Waals surface area contributed by atoms with Crippen molar-refractivity contribution >= 4 is 28.2 Å². The van der Waals surface area contributed by atoms with Crippen molar-refractivity contribution in [1.29, 1.82) is 0 Å². The lowest BCUT2D eigenvalue weighted by molar-refractivity contribution is 0.0692. The average molecular weight is 305 g/mol. The number of nitrogens with one attached hydrogen (secondary N) is 1. The lowest BCUT2D eigenvalue weighted by Gasteiger charge is -2.19. The number of aromatic carboxylic acids is 1. The molecular formula is C16H23N3O3. The highest BCUT2D eigenvalue weighted by Gasteiger charge is 2.23. The van der Waals surface area contributed by atoms with Crippen molar-refractivity contribution in [2.75, 3.05) is 38.0 Å². The Kier molecular flexibility index (Phi) is 4.21. The highest BCUT2D eigenvalue weighted by atomic mass is 16.5. The van der Waals surface area contributed by atoms with Gasteiger partial charge in [-0.2, -0.15) is 0 Å². The number of aromatic nitrogens is 1. The standard InChI is InChI=1S/C16H23N3O3/c1-9(2)22-12-8-10(18(3)4)7-11-13(12)15(19(5)6)14(17-11)16(20)21/h7-9,17H,1-6H3,(H,20,21). The van der Waals surface area contributed by atoms with Crippen LogP contribution in [0.3, 0.4) is 0 Å². The molecule has 0 fully saturated rings. The van der Waals surface area contributed by atoms with Crippen molar-refractivity contribution in [3.63, 3.8) is 0 Å². The first-order valence-corrected chi connectivity index (χ1v) is 7.16. The van der Waals surface area contributed by atoms with Crippen LogP contribution in [0, 0.1) is 0 Å². The van der Waals surface area contributed by atoms with Gasteiger partial charge in [-0.15, -0.1) is 0 Å².